The van der Waals surface area contributed by atoms with Crippen molar-refractivity contribution >= 4 is 15.8 Å². The van der Waals surface area contributed by atoms with Crippen molar-refractivity contribution in [3.8, 4) is 0 Å². The summed E-state index contributed by atoms with van der Waals surface area (Å²) in [6, 6.07) is 8.87. The molecule has 0 amide bonds. The lowest BCUT2D eigenvalue weighted by molar-refractivity contribution is 0.165. The molecular weight excluding hydrogens is 212 g/mol. The first-order valence-corrected chi connectivity index (χ1v) is 7.67. The molecule has 0 aromatic heterocycles. The molecule has 1 aliphatic rings. The Bertz CT molecular complexity index is 354. The summed E-state index contributed by atoms with van der Waals surface area (Å²) in [5.41, 5.74) is 4.21. The minimum atomic E-state index is 0.767. The fraction of sp³-hybridized carbons (Fsp3) is 0.429. The van der Waals surface area contributed by atoms with E-state index in [1.807, 2.05) is 0 Å². The largest absolute Gasteiger partial charge is 0.381 e. The van der Waals surface area contributed by atoms with Crippen LogP contribution in [-0.4, -0.2) is 16.5 Å². The quantitative estimate of drug-likeness (QED) is 0.725. The van der Waals surface area contributed by atoms with E-state index in [-0.39, 0.29) is 0 Å². The predicted octanol–water partition coefficient (Wildman–Crippen LogP) is 2.48. The van der Waals surface area contributed by atoms with Crippen molar-refractivity contribution in [1.82, 2.24) is 0 Å². The van der Waals surface area contributed by atoms with Gasteiger partial charge in [0, 0.05) is 16.5 Å². The molecule has 1 nitrogen and oxygen atoms in total. The third-order valence-corrected chi connectivity index (χ3v) is 3.50. The van der Waals surface area contributed by atoms with Crippen molar-refractivity contribution in [2.75, 3.05) is 6.23 Å². The fourth-order valence-corrected chi connectivity index (χ4v) is 2.34. The Kier molecular flexibility index (Phi) is 4.37. The van der Waals surface area contributed by atoms with Crippen LogP contribution >= 0.6 is 0 Å². The van der Waals surface area contributed by atoms with E-state index in [9.17, 15) is 0 Å². The summed E-state index contributed by atoms with van der Waals surface area (Å²) in [6.45, 7) is 0.767. The highest BCUT2D eigenvalue weighted by Gasteiger charge is 2.05. The van der Waals surface area contributed by atoms with Gasteiger partial charge in [-0.15, -0.1) is 0 Å². The van der Waals surface area contributed by atoms with Crippen LogP contribution in [0.5, 0.6) is 0 Å². The summed E-state index contributed by atoms with van der Waals surface area (Å²) in [7, 11) is 1.12. The highest BCUT2D eigenvalue weighted by atomic mass is 28.1. The van der Waals surface area contributed by atoms with Gasteiger partial charge >= 0.3 is 0 Å². The lowest BCUT2D eigenvalue weighted by atomic mass is 9.93. The van der Waals surface area contributed by atoms with E-state index >= 15 is 0 Å². The van der Waals surface area contributed by atoms with Crippen molar-refractivity contribution < 1.29 is 4.74 Å². The van der Waals surface area contributed by atoms with E-state index in [1.165, 1.54) is 42.4 Å². The Hall–Kier alpha value is -0.863. The van der Waals surface area contributed by atoms with Crippen molar-refractivity contribution in [1.29, 1.82) is 0 Å². The maximum Gasteiger partial charge on any atom is 0.0712 e. The average Bonchev–Trinajstić information content (AvgIpc) is 2.38. The molecule has 0 radical (unpaired) electrons. The predicted molar refractivity (Wildman–Crippen MR) is 72.5 cm³/mol. The van der Waals surface area contributed by atoms with Crippen LogP contribution in [0.3, 0.4) is 0 Å². The number of hydrogen-bond acceptors (Lipinski definition) is 1. The molecule has 2 heteroatoms. The van der Waals surface area contributed by atoms with E-state index in [2.05, 4.69) is 30.3 Å². The second kappa shape index (κ2) is 6.02. The molecule has 0 saturated carbocycles. The molecule has 0 N–H and O–H groups in total. The minimum absolute atomic E-state index is 0.767. The van der Waals surface area contributed by atoms with Crippen LogP contribution in [-0.2, 0) is 11.3 Å². The van der Waals surface area contributed by atoms with Gasteiger partial charge in [0.1, 0.15) is 0 Å². The van der Waals surface area contributed by atoms with E-state index in [0.717, 1.165) is 23.1 Å². The van der Waals surface area contributed by atoms with Gasteiger partial charge < -0.3 is 4.74 Å². The van der Waals surface area contributed by atoms with Gasteiger partial charge in [-0.3, -0.25) is 0 Å². The first kappa shape index (κ1) is 11.6. The second-order valence-corrected chi connectivity index (χ2v) is 4.89. The third-order valence-electron chi connectivity index (χ3n) is 3.09. The van der Waals surface area contributed by atoms with Crippen LogP contribution in [0.15, 0.2) is 30.3 Å². The SMILES string of the molecule is [SiH3]COCc1ccc(C2=CCCCC2)cc1. The van der Waals surface area contributed by atoms with Crippen LogP contribution < -0.4 is 0 Å². The Morgan fingerprint density at radius 1 is 1.12 bits per heavy atom. The maximum atomic E-state index is 5.45. The number of ether oxygens (including phenoxy) is 1. The summed E-state index contributed by atoms with van der Waals surface area (Å²) < 4.78 is 5.45. The number of rotatable bonds is 4. The van der Waals surface area contributed by atoms with Crippen LogP contribution in [0.4, 0.5) is 0 Å². The maximum absolute atomic E-state index is 5.45. The first-order chi connectivity index (χ1) is 7.90. The molecule has 16 heavy (non-hydrogen) atoms. The fourth-order valence-electron chi connectivity index (χ4n) is 2.14. The summed E-state index contributed by atoms with van der Waals surface area (Å²) >= 11 is 0. The molecule has 86 valence electrons. The van der Waals surface area contributed by atoms with Gasteiger partial charge in [0.2, 0.25) is 0 Å². The molecule has 0 atom stereocenters. The summed E-state index contributed by atoms with van der Waals surface area (Å²) in [5.74, 6) is 0. The zero-order valence-electron chi connectivity index (χ0n) is 10.0. The van der Waals surface area contributed by atoms with E-state index < -0.39 is 0 Å². The number of hydrogen-bond donors (Lipinski definition) is 0. The zero-order valence-corrected chi connectivity index (χ0v) is 12.0. The van der Waals surface area contributed by atoms with Crippen molar-refractivity contribution in [3.63, 3.8) is 0 Å². The highest BCUT2D eigenvalue weighted by Crippen LogP contribution is 2.26. The Morgan fingerprint density at radius 3 is 2.56 bits per heavy atom. The van der Waals surface area contributed by atoms with Gasteiger partial charge in [-0.2, -0.15) is 0 Å². The van der Waals surface area contributed by atoms with Crippen LogP contribution in [0, 0.1) is 0 Å². The lowest BCUT2D eigenvalue weighted by Gasteiger charge is -2.13. The minimum Gasteiger partial charge on any atom is -0.381 e. The molecule has 0 heterocycles. The molecule has 2 rings (SSSR count). The molecule has 0 aliphatic heterocycles. The van der Waals surface area contributed by atoms with Gasteiger partial charge in [0.25, 0.3) is 0 Å². The van der Waals surface area contributed by atoms with Crippen LogP contribution in [0.25, 0.3) is 5.57 Å². The molecule has 0 saturated heterocycles. The third kappa shape index (κ3) is 3.06. The normalized spacial score (nSPS) is 16.1. The van der Waals surface area contributed by atoms with Gasteiger partial charge in [0.05, 0.1) is 6.61 Å². The van der Waals surface area contributed by atoms with Gasteiger partial charge in [0.15, 0.2) is 0 Å². The molecule has 1 aromatic rings. The molecule has 0 bridgehead atoms. The van der Waals surface area contributed by atoms with E-state index in [4.69, 9.17) is 4.74 Å². The molecular formula is C14H20OSi. The molecule has 0 spiro atoms. The van der Waals surface area contributed by atoms with Crippen molar-refractivity contribution in [3.05, 3.63) is 41.5 Å². The Labute approximate surface area is 101 Å². The Morgan fingerprint density at radius 2 is 1.94 bits per heavy atom. The monoisotopic (exact) mass is 232 g/mol. The van der Waals surface area contributed by atoms with Gasteiger partial charge in [-0.25, -0.2) is 0 Å². The van der Waals surface area contributed by atoms with Gasteiger partial charge in [-0.05, 0) is 42.4 Å². The molecule has 0 fully saturated rings. The van der Waals surface area contributed by atoms with Crippen LogP contribution in [0.1, 0.15) is 36.8 Å². The second-order valence-electron chi connectivity index (χ2n) is 4.31. The van der Waals surface area contributed by atoms with E-state index in [0.29, 0.717) is 0 Å². The first-order valence-electron chi connectivity index (χ1n) is 6.26. The molecule has 0 unspecified atom stereocenters. The van der Waals surface area contributed by atoms with Gasteiger partial charge in [-0.1, -0.05) is 30.3 Å². The topological polar surface area (TPSA) is 9.23 Å². The smallest absolute Gasteiger partial charge is 0.0712 e. The number of allylic oxidation sites excluding steroid dienone is 2. The van der Waals surface area contributed by atoms with Crippen LogP contribution in [0.2, 0.25) is 0 Å². The van der Waals surface area contributed by atoms with Crippen molar-refractivity contribution in [2.24, 2.45) is 0 Å². The average molecular weight is 232 g/mol. The molecule has 1 aromatic carbocycles. The Balaban J connectivity index is 2.03. The molecule has 1 aliphatic carbocycles. The highest BCUT2D eigenvalue weighted by molar-refractivity contribution is 6.08. The standard InChI is InChI=1S/C14H20OSi/c16-11-15-10-12-6-8-14(9-7-12)13-4-2-1-3-5-13/h4,6-9H,1-3,5,10-11H2,16H3. The summed E-state index contributed by atoms with van der Waals surface area (Å²) in [4.78, 5) is 0. The van der Waals surface area contributed by atoms with E-state index in [1.54, 1.807) is 0 Å². The van der Waals surface area contributed by atoms with Crippen molar-refractivity contribution in [2.45, 2.75) is 32.3 Å². The lowest BCUT2D eigenvalue weighted by Crippen LogP contribution is -1.95. The summed E-state index contributed by atoms with van der Waals surface area (Å²) in [6.07, 6.45) is 8.52. The summed E-state index contributed by atoms with van der Waals surface area (Å²) in [5, 5.41) is 0. The zero-order chi connectivity index (χ0) is 11.2. The number of benzene rings is 1.